The fourth-order valence-electron chi connectivity index (χ4n) is 4.59. The van der Waals surface area contributed by atoms with E-state index in [1.54, 1.807) is 14.2 Å². The summed E-state index contributed by atoms with van der Waals surface area (Å²) >= 11 is 0. The largest absolute Gasteiger partial charge is 1.00 e. The lowest BCUT2D eigenvalue weighted by atomic mass is 10.0. The average Bonchev–Trinajstić information content (AvgIpc) is 3.12. The number of benzene rings is 3. The summed E-state index contributed by atoms with van der Waals surface area (Å²) in [7, 11) is 3.31. The van der Waals surface area contributed by atoms with Crippen LogP contribution in [0.15, 0.2) is 72.8 Å². The second kappa shape index (κ2) is 8.36. The van der Waals surface area contributed by atoms with Crippen LogP contribution in [0, 0.1) is 0 Å². The lowest BCUT2D eigenvalue weighted by Gasteiger charge is -2.29. The van der Waals surface area contributed by atoms with Crippen LogP contribution < -0.4 is 31.4 Å². The Balaban J connectivity index is 0.00000231. The Bertz CT molecular complexity index is 1110. The fourth-order valence-corrected chi connectivity index (χ4v) is 4.59. The molecule has 2 aliphatic rings. The molecule has 2 aliphatic heterocycles. The number of methoxy groups -OCH3 is 2. The van der Waals surface area contributed by atoms with Gasteiger partial charge in [0.1, 0.15) is 22.9 Å². The summed E-state index contributed by atoms with van der Waals surface area (Å²) < 4.78 is 12.9. The number of anilines is 1. The predicted octanol–water partition coefficient (Wildman–Crippen LogP) is 1.06. The monoisotopic (exact) mass is 480 g/mol. The van der Waals surface area contributed by atoms with Gasteiger partial charge in [-0.05, 0) is 66.6 Å². The van der Waals surface area contributed by atoms with E-state index in [1.807, 2.05) is 48.5 Å². The number of halogens is 1. The van der Waals surface area contributed by atoms with Crippen molar-refractivity contribution in [3.8, 4) is 11.5 Å². The van der Waals surface area contributed by atoms with E-state index in [0.29, 0.717) is 6.54 Å². The molecule has 0 aliphatic carbocycles. The molecule has 5 nitrogen and oxygen atoms in total. The number of aliphatic hydroxyl groups is 1. The standard InChI is InChI=1S/C25H25N2O3.BrH/c1-29-21-12-8-19(9-13-21)25(28)17-26-23-6-4-3-5-18(23)7-16-24(26)27(25)20-10-14-22(30-2)15-11-20;/h3-6,8-15,28H,7,16-17H2,1-2H3;1H/q+1;/p-1. The molecule has 5 rings (SSSR count). The van der Waals surface area contributed by atoms with E-state index < -0.39 is 5.72 Å². The second-order valence-corrected chi connectivity index (χ2v) is 7.71. The van der Waals surface area contributed by atoms with Gasteiger partial charge < -0.3 is 31.6 Å². The van der Waals surface area contributed by atoms with Gasteiger partial charge in [-0.1, -0.05) is 18.2 Å². The third kappa shape index (κ3) is 3.50. The average molecular weight is 481 g/mol. The molecule has 1 N–H and O–H groups in total. The van der Waals surface area contributed by atoms with Crippen LogP contribution in [0.25, 0.3) is 0 Å². The van der Waals surface area contributed by atoms with Gasteiger partial charge in [0.15, 0.2) is 6.54 Å². The molecule has 160 valence electrons. The van der Waals surface area contributed by atoms with E-state index in [9.17, 15) is 5.11 Å². The van der Waals surface area contributed by atoms with Gasteiger partial charge in [0, 0.05) is 5.56 Å². The van der Waals surface area contributed by atoms with E-state index in [0.717, 1.165) is 41.4 Å². The van der Waals surface area contributed by atoms with E-state index in [-0.39, 0.29) is 17.0 Å². The minimum atomic E-state index is -1.20. The zero-order valence-electron chi connectivity index (χ0n) is 17.6. The second-order valence-electron chi connectivity index (χ2n) is 7.71. The Kier molecular flexibility index (Phi) is 5.77. The van der Waals surface area contributed by atoms with Gasteiger partial charge in [0.05, 0.1) is 20.6 Å². The fraction of sp³-hybridized carbons (Fsp3) is 0.240. The first kappa shape index (κ1) is 21.4. The summed E-state index contributed by atoms with van der Waals surface area (Å²) in [5.74, 6) is 2.67. The first-order chi connectivity index (χ1) is 14.6. The third-order valence-corrected chi connectivity index (χ3v) is 6.10. The van der Waals surface area contributed by atoms with Crippen LogP contribution in [0.4, 0.5) is 11.4 Å². The molecule has 0 amide bonds. The van der Waals surface area contributed by atoms with Gasteiger partial charge in [-0.3, -0.25) is 0 Å². The molecule has 6 heteroatoms. The minimum absolute atomic E-state index is 0. The quantitative estimate of drug-likeness (QED) is 0.567. The van der Waals surface area contributed by atoms with Crippen LogP contribution in [-0.4, -0.2) is 36.3 Å². The predicted molar refractivity (Wildman–Crippen MR) is 117 cm³/mol. The first-order valence-corrected chi connectivity index (χ1v) is 10.2. The Morgan fingerprint density at radius 2 is 1.45 bits per heavy atom. The van der Waals surface area contributed by atoms with Crippen molar-refractivity contribution in [1.29, 1.82) is 0 Å². The van der Waals surface area contributed by atoms with Crippen molar-refractivity contribution in [2.24, 2.45) is 0 Å². The highest BCUT2D eigenvalue weighted by atomic mass is 79.9. The number of aryl methyl sites for hydroxylation is 1. The Hall–Kier alpha value is -2.83. The molecule has 0 radical (unpaired) electrons. The van der Waals surface area contributed by atoms with Crippen molar-refractivity contribution in [3.63, 3.8) is 0 Å². The molecule has 0 saturated carbocycles. The van der Waals surface area contributed by atoms with Crippen molar-refractivity contribution >= 4 is 17.2 Å². The number of hydrogen-bond acceptors (Lipinski definition) is 4. The molecule has 31 heavy (non-hydrogen) atoms. The SMILES string of the molecule is COc1ccc(N2C3=[N+](CC2(O)c2ccc(OC)cc2)c2ccccc2CC3)cc1.[Br-]. The topological polar surface area (TPSA) is 44.9 Å². The third-order valence-electron chi connectivity index (χ3n) is 6.10. The lowest BCUT2D eigenvalue weighted by Crippen LogP contribution is -3.00. The van der Waals surface area contributed by atoms with E-state index in [4.69, 9.17) is 9.47 Å². The molecular weight excluding hydrogens is 456 g/mol. The maximum Gasteiger partial charge on any atom is 0.275 e. The van der Waals surface area contributed by atoms with Gasteiger partial charge in [-0.2, -0.15) is 4.90 Å². The van der Waals surface area contributed by atoms with E-state index in [1.165, 1.54) is 11.3 Å². The molecule has 1 unspecified atom stereocenters. The number of fused-ring (bicyclic) bond motifs is 2. The maximum absolute atomic E-state index is 12.1. The van der Waals surface area contributed by atoms with Gasteiger partial charge >= 0.3 is 0 Å². The maximum atomic E-state index is 12.1. The van der Waals surface area contributed by atoms with Crippen LogP contribution in [0.1, 0.15) is 17.5 Å². The van der Waals surface area contributed by atoms with Crippen LogP contribution >= 0.6 is 0 Å². The number of amidine groups is 1. The smallest absolute Gasteiger partial charge is 0.275 e. The highest BCUT2D eigenvalue weighted by molar-refractivity contribution is 5.98. The summed E-state index contributed by atoms with van der Waals surface area (Å²) in [6.45, 7) is 0.456. The lowest BCUT2D eigenvalue weighted by molar-refractivity contribution is -0.453. The number of para-hydroxylation sites is 1. The summed E-state index contributed by atoms with van der Waals surface area (Å²) in [4.78, 5) is 2.07. The number of ether oxygens (including phenoxy) is 2. The molecule has 0 saturated heterocycles. The zero-order valence-corrected chi connectivity index (χ0v) is 19.2. The molecule has 0 aromatic heterocycles. The van der Waals surface area contributed by atoms with Crippen molar-refractivity contribution in [2.45, 2.75) is 18.6 Å². The molecule has 0 spiro atoms. The summed E-state index contributed by atoms with van der Waals surface area (Å²) in [5, 5.41) is 12.1. The highest BCUT2D eigenvalue weighted by Crippen LogP contribution is 2.42. The first-order valence-electron chi connectivity index (χ1n) is 10.2. The molecule has 3 aromatic rings. The molecule has 0 bridgehead atoms. The van der Waals surface area contributed by atoms with Gasteiger partial charge in [0.2, 0.25) is 0 Å². The Morgan fingerprint density at radius 1 is 0.839 bits per heavy atom. The van der Waals surface area contributed by atoms with Gasteiger partial charge in [-0.15, -0.1) is 0 Å². The molecule has 0 fully saturated rings. The van der Waals surface area contributed by atoms with Crippen molar-refractivity contribution < 1.29 is 36.1 Å². The van der Waals surface area contributed by atoms with E-state index >= 15 is 0 Å². The van der Waals surface area contributed by atoms with Crippen LogP contribution in [-0.2, 0) is 12.1 Å². The minimum Gasteiger partial charge on any atom is -1.00 e. The van der Waals surface area contributed by atoms with Crippen LogP contribution in [0.5, 0.6) is 11.5 Å². The normalized spacial score (nSPS) is 19.4. The Morgan fingerprint density at radius 3 is 2.10 bits per heavy atom. The van der Waals surface area contributed by atoms with E-state index in [2.05, 4.69) is 33.7 Å². The number of hydrogen-bond donors (Lipinski definition) is 1. The van der Waals surface area contributed by atoms with Gasteiger partial charge in [0.25, 0.3) is 11.6 Å². The molecule has 1 atom stereocenters. The molecule has 2 heterocycles. The zero-order chi connectivity index (χ0) is 20.7. The molecule has 3 aromatic carbocycles. The van der Waals surface area contributed by atoms with Crippen LogP contribution in [0.3, 0.4) is 0 Å². The number of rotatable bonds is 4. The highest BCUT2D eigenvalue weighted by Gasteiger charge is 2.55. The Labute approximate surface area is 192 Å². The van der Waals surface area contributed by atoms with Gasteiger partial charge in [-0.25, -0.2) is 4.58 Å². The van der Waals surface area contributed by atoms with Crippen molar-refractivity contribution in [1.82, 2.24) is 0 Å². The summed E-state index contributed by atoms with van der Waals surface area (Å²) in [6, 6.07) is 24.0. The van der Waals surface area contributed by atoms with Crippen molar-refractivity contribution in [2.75, 3.05) is 25.7 Å². The summed E-state index contributed by atoms with van der Waals surface area (Å²) in [6.07, 6.45) is 1.81. The molecular formula is C25H25BrN2O3. The van der Waals surface area contributed by atoms with Crippen molar-refractivity contribution in [3.05, 3.63) is 83.9 Å². The summed E-state index contributed by atoms with van der Waals surface area (Å²) in [5.41, 5.74) is 3.05. The van der Waals surface area contributed by atoms with Crippen LogP contribution in [0.2, 0.25) is 0 Å². The number of nitrogens with zero attached hydrogens (tertiary/aromatic N) is 2.